The van der Waals surface area contributed by atoms with Gasteiger partial charge in [-0.3, -0.25) is 15.0 Å². The monoisotopic (exact) mass is 498 g/mol. The van der Waals surface area contributed by atoms with Crippen molar-refractivity contribution in [3.63, 3.8) is 0 Å². The van der Waals surface area contributed by atoms with Gasteiger partial charge in [-0.05, 0) is 42.0 Å². The molecular formula is C24H20F2N4O6. The van der Waals surface area contributed by atoms with E-state index in [1.54, 1.807) is 0 Å². The summed E-state index contributed by atoms with van der Waals surface area (Å²) in [5.74, 6) is -6.89. The molecule has 0 radical (unpaired) electrons. The summed E-state index contributed by atoms with van der Waals surface area (Å²) in [4.78, 5) is 30.3. The summed E-state index contributed by atoms with van der Waals surface area (Å²) in [7, 11) is 0. The molecule has 1 aromatic heterocycles. The Bertz CT molecular complexity index is 1550. The molecule has 0 fully saturated rings. The van der Waals surface area contributed by atoms with Crippen LogP contribution >= 0.6 is 0 Å². The maximum Gasteiger partial charge on any atom is 0.311 e. The molecule has 1 aliphatic rings. The Morgan fingerprint density at radius 2 is 1.86 bits per heavy atom. The fourth-order valence-corrected chi connectivity index (χ4v) is 4.00. The number of aliphatic carboxylic acids is 2. The summed E-state index contributed by atoms with van der Waals surface area (Å²) in [6, 6.07) is 5.30. The number of rotatable bonds is 7. The summed E-state index contributed by atoms with van der Waals surface area (Å²) in [5, 5.41) is 48.2. The van der Waals surface area contributed by atoms with Gasteiger partial charge < -0.3 is 31.1 Å². The van der Waals surface area contributed by atoms with Gasteiger partial charge in [-0.15, -0.1) is 0 Å². The molecule has 3 aromatic rings. The highest BCUT2D eigenvalue weighted by Gasteiger charge is 2.32. The summed E-state index contributed by atoms with van der Waals surface area (Å²) in [6.07, 6.45) is 1.40. The van der Waals surface area contributed by atoms with Gasteiger partial charge in [-0.2, -0.15) is 0 Å². The number of hydrogen-bond acceptors (Lipinski definition) is 6. The Hall–Kier alpha value is -4.74. The van der Waals surface area contributed by atoms with E-state index in [1.165, 1.54) is 12.1 Å². The maximum absolute atomic E-state index is 14.9. The lowest BCUT2D eigenvalue weighted by atomic mass is 9.89. The van der Waals surface area contributed by atoms with Crippen molar-refractivity contribution in [3.05, 3.63) is 52.4 Å². The summed E-state index contributed by atoms with van der Waals surface area (Å²) >= 11 is 0. The zero-order valence-corrected chi connectivity index (χ0v) is 18.4. The average Bonchev–Trinajstić information content (AvgIpc) is 3.21. The van der Waals surface area contributed by atoms with Crippen LogP contribution in [0, 0.1) is 11.2 Å². The first-order valence-corrected chi connectivity index (χ1v) is 10.5. The number of nitrogens with two attached hydrogens (primary N) is 1. The van der Waals surface area contributed by atoms with E-state index in [0.29, 0.717) is 0 Å². The van der Waals surface area contributed by atoms with Gasteiger partial charge in [-0.25, -0.2) is 13.8 Å². The molecule has 10 nitrogen and oxygen atoms in total. The van der Waals surface area contributed by atoms with Crippen LogP contribution in [0.5, 0.6) is 11.5 Å². The van der Waals surface area contributed by atoms with Crippen LogP contribution in [0.4, 0.5) is 8.78 Å². The number of amidine groups is 1. The largest absolute Gasteiger partial charge is 0.507 e. The number of benzene rings is 2. The second kappa shape index (κ2) is 8.80. The first-order chi connectivity index (χ1) is 16.9. The standard InChI is InChI=1S/C24H20F2N4O6/c25-11-1-2-18(31)13(7-11)14-5-10(12(22(35)36)8-19(32)33)6-15(20(14)34)21-29-16-3-4-24(26,23(27)28)9-17(16)30-21/h1-3,5-7,9,12,31,34H,4,8H2,(H3,27,28)(H,29,30)(H,32,33)(H,35,36). The lowest BCUT2D eigenvalue weighted by Crippen LogP contribution is -2.43. The lowest BCUT2D eigenvalue weighted by Gasteiger charge is -2.19. The van der Waals surface area contributed by atoms with Gasteiger partial charge in [0.25, 0.3) is 0 Å². The molecule has 2 unspecified atom stereocenters. The molecule has 0 bridgehead atoms. The average molecular weight is 498 g/mol. The van der Waals surface area contributed by atoms with Gasteiger partial charge in [-0.1, -0.05) is 6.08 Å². The second-order valence-corrected chi connectivity index (χ2v) is 8.33. The van der Waals surface area contributed by atoms with Crippen LogP contribution in [-0.2, 0) is 9.59 Å². The first-order valence-electron chi connectivity index (χ1n) is 10.5. The number of halogens is 2. The van der Waals surface area contributed by atoms with Gasteiger partial charge in [0.2, 0.25) is 0 Å². The Balaban J connectivity index is 2.00. The molecule has 0 amide bonds. The highest BCUT2D eigenvalue weighted by molar-refractivity contribution is 5.94. The topological polar surface area (TPSA) is 194 Å². The van der Waals surface area contributed by atoms with Crippen molar-refractivity contribution in [1.29, 1.82) is 5.41 Å². The summed E-state index contributed by atoms with van der Waals surface area (Å²) in [5.41, 5.74) is 2.57. The van der Waals surface area contributed by atoms with Gasteiger partial charge in [0.15, 0.2) is 5.67 Å². The smallest absolute Gasteiger partial charge is 0.311 e. The summed E-state index contributed by atoms with van der Waals surface area (Å²) in [6.45, 7) is 0. The molecule has 1 heterocycles. The zero-order valence-electron chi connectivity index (χ0n) is 18.4. The van der Waals surface area contributed by atoms with Crippen molar-refractivity contribution >= 4 is 29.9 Å². The van der Waals surface area contributed by atoms with Crippen molar-refractivity contribution in [2.24, 2.45) is 5.73 Å². The van der Waals surface area contributed by atoms with E-state index in [0.717, 1.165) is 30.3 Å². The quantitative estimate of drug-likeness (QED) is 0.188. The van der Waals surface area contributed by atoms with Crippen LogP contribution in [0.15, 0.2) is 30.3 Å². The van der Waals surface area contributed by atoms with E-state index in [4.69, 9.17) is 11.1 Å². The van der Waals surface area contributed by atoms with E-state index in [1.807, 2.05) is 0 Å². The number of H-pyrrole nitrogens is 1. The number of carbonyl (C=O) groups is 2. The molecule has 0 aliphatic heterocycles. The first kappa shape index (κ1) is 24.4. The molecule has 1 aliphatic carbocycles. The minimum Gasteiger partial charge on any atom is -0.507 e. The highest BCUT2D eigenvalue weighted by Crippen LogP contribution is 2.43. The number of aromatic amines is 1. The third-order valence-electron chi connectivity index (χ3n) is 5.89. The SMILES string of the molecule is N=C(N)C1(F)C=c2[nH]c(-c3cc(C(CC(=O)O)C(=O)O)cc(-c4cc(F)ccc4O)c3O)nc2=CC1. The number of imidazole rings is 1. The number of fused-ring (bicyclic) bond motifs is 1. The molecule has 186 valence electrons. The number of carboxylic acids is 2. The fraction of sp³-hybridized carbons (Fsp3) is 0.167. The van der Waals surface area contributed by atoms with Crippen molar-refractivity contribution in [3.8, 4) is 34.0 Å². The van der Waals surface area contributed by atoms with Crippen LogP contribution in [-0.4, -0.2) is 53.8 Å². The molecule has 8 N–H and O–H groups in total. The van der Waals surface area contributed by atoms with Crippen molar-refractivity contribution < 1.29 is 38.8 Å². The lowest BCUT2D eigenvalue weighted by molar-refractivity contribution is -0.145. The van der Waals surface area contributed by atoms with Crippen LogP contribution in [0.3, 0.4) is 0 Å². The number of nitrogens with one attached hydrogen (secondary N) is 2. The van der Waals surface area contributed by atoms with E-state index in [-0.39, 0.29) is 45.2 Å². The Morgan fingerprint density at radius 1 is 1.17 bits per heavy atom. The Morgan fingerprint density at radius 3 is 2.50 bits per heavy atom. The second-order valence-electron chi connectivity index (χ2n) is 8.33. The molecule has 2 aromatic carbocycles. The number of carboxylic acid groups (broad SMARTS) is 2. The molecular weight excluding hydrogens is 478 g/mol. The molecule has 4 rings (SSSR count). The number of phenolic OH excluding ortho intramolecular Hbond substituents is 2. The normalized spacial score (nSPS) is 17.4. The number of aromatic hydroxyl groups is 2. The predicted octanol–water partition coefficient (Wildman–Crippen LogP) is 1.55. The number of aromatic nitrogens is 2. The number of nitrogens with zero attached hydrogens (tertiary/aromatic N) is 1. The van der Waals surface area contributed by atoms with Crippen LogP contribution < -0.4 is 16.4 Å². The Labute approximate surface area is 201 Å². The van der Waals surface area contributed by atoms with E-state index >= 15 is 0 Å². The number of alkyl halides is 1. The fourth-order valence-electron chi connectivity index (χ4n) is 4.00. The van der Waals surface area contributed by atoms with Crippen molar-refractivity contribution in [2.45, 2.75) is 24.4 Å². The number of hydrogen-bond donors (Lipinski definition) is 7. The Kier molecular flexibility index (Phi) is 5.96. The predicted molar refractivity (Wildman–Crippen MR) is 124 cm³/mol. The molecule has 0 spiro atoms. The van der Waals surface area contributed by atoms with Crippen LogP contribution in [0.1, 0.15) is 24.3 Å². The van der Waals surface area contributed by atoms with Crippen molar-refractivity contribution in [1.82, 2.24) is 9.97 Å². The third kappa shape index (κ3) is 4.35. The minimum absolute atomic E-state index is 0.0451. The van der Waals surface area contributed by atoms with Gasteiger partial charge >= 0.3 is 11.9 Å². The molecule has 0 saturated heterocycles. The number of phenols is 2. The van der Waals surface area contributed by atoms with Gasteiger partial charge in [0, 0.05) is 17.5 Å². The molecule has 2 atom stereocenters. The maximum atomic E-state index is 14.9. The van der Waals surface area contributed by atoms with Gasteiger partial charge in [0.1, 0.15) is 29.0 Å². The highest BCUT2D eigenvalue weighted by atomic mass is 19.1. The van der Waals surface area contributed by atoms with Crippen LogP contribution in [0.25, 0.3) is 34.7 Å². The van der Waals surface area contributed by atoms with E-state index in [2.05, 4.69) is 9.97 Å². The molecule has 36 heavy (non-hydrogen) atoms. The van der Waals surface area contributed by atoms with Gasteiger partial charge in [0.05, 0.1) is 28.6 Å². The van der Waals surface area contributed by atoms with E-state index < -0.39 is 53.1 Å². The molecule has 0 saturated carbocycles. The van der Waals surface area contributed by atoms with Crippen molar-refractivity contribution in [2.75, 3.05) is 0 Å². The molecule has 12 heteroatoms. The summed E-state index contributed by atoms with van der Waals surface area (Å²) < 4.78 is 28.9. The van der Waals surface area contributed by atoms with Crippen LogP contribution in [0.2, 0.25) is 0 Å². The minimum atomic E-state index is -2.25. The zero-order chi connectivity index (χ0) is 26.4. The third-order valence-corrected chi connectivity index (χ3v) is 5.89. The van der Waals surface area contributed by atoms with E-state index in [9.17, 15) is 38.8 Å².